The summed E-state index contributed by atoms with van der Waals surface area (Å²) in [4.78, 5) is 0. The molecule has 0 spiro atoms. The Bertz CT molecular complexity index is 325. The van der Waals surface area contributed by atoms with Gasteiger partial charge in [0, 0.05) is 4.47 Å². The Labute approximate surface area is 85.5 Å². The normalized spacial score (nSPS) is 11.9. The third-order valence-electron chi connectivity index (χ3n) is 1.57. The number of hydrogen-bond acceptors (Lipinski definition) is 1. The number of alkyl halides is 3. The summed E-state index contributed by atoms with van der Waals surface area (Å²) < 4.78 is 49.2. The second kappa shape index (κ2) is 3.86. The molecule has 0 bridgehead atoms. The Kier molecular flexibility index (Phi) is 3.16. The van der Waals surface area contributed by atoms with Gasteiger partial charge in [0.05, 0.1) is 6.61 Å². The first-order valence-electron chi connectivity index (χ1n) is 3.52. The number of benzene rings is 1. The third-order valence-corrected chi connectivity index (χ3v) is 2.19. The Morgan fingerprint density at radius 3 is 2.21 bits per heavy atom. The molecule has 1 rings (SSSR count). The third kappa shape index (κ3) is 2.24. The SMILES string of the molecule is OCc1cc(F)c(C(F)(F)F)c(Br)c1. The highest BCUT2D eigenvalue weighted by atomic mass is 79.9. The minimum Gasteiger partial charge on any atom is -0.392 e. The topological polar surface area (TPSA) is 20.2 Å². The lowest BCUT2D eigenvalue weighted by Crippen LogP contribution is -2.10. The molecule has 0 aliphatic rings. The molecule has 1 N–H and O–H groups in total. The van der Waals surface area contributed by atoms with Crippen LogP contribution in [0.5, 0.6) is 0 Å². The van der Waals surface area contributed by atoms with Crippen LogP contribution < -0.4 is 0 Å². The quantitative estimate of drug-likeness (QED) is 0.779. The zero-order valence-electron chi connectivity index (χ0n) is 6.70. The van der Waals surface area contributed by atoms with Gasteiger partial charge in [0.1, 0.15) is 11.4 Å². The van der Waals surface area contributed by atoms with E-state index in [4.69, 9.17) is 5.11 Å². The van der Waals surface area contributed by atoms with E-state index < -0.39 is 28.6 Å². The van der Waals surface area contributed by atoms with Crippen LogP contribution in [0.15, 0.2) is 16.6 Å². The van der Waals surface area contributed by atoms with E-state index in [9.17, 15) is 17.6 Å². The molecule has 1 aromatic carbocycles. The van der Waals surface area contributed by atoms with E-state index in [1.165, 1.54) is 0 Å². The van der Waals surface area contributed by atoms with Crippen molar-refractivity contribution in [3.63, 3.8) is 0 Å². The van der Waals surface area contributed by atoms with Gasteiger partial charge < -0.3 is 5.11 Å². The summed E-state index contributed by atoms with van der Waals surface area (Å²) in [5, 5.41) is 8.61. The molecular formula is C8H5BrF4O. The summed E-state index contributed by atoms with van der Waals surface area (Å²) in [6.45, 7) is -0.506. The highest BCUT2D eigenvalue weighted by Crippen LogP contribution is 2.37. The number of aliphatic hydroxyl groups excluding tert-OH is 1. The molecule has 0 amide bonds. The van der Waals surface area contributed by atoms with Crippen LogP contribution in [0.1, 0.15) is 11.1 Å². The zero-order chi connectivity index (χ0) is 10.9. The van der Waals surface area contributed by atoms with Crippen LogP contribution in [-0.4, -0.2) is 5.11 Å². The highest BCUT2D eigenvalue weighted by molar-refractivity contribution is 9.10. The van der Waals surface area contributed by atoms with Crippen molar-refractivity contribution in [1.82, 2.24) is 0 Å². The molecule has 78 valence electrons. The maximum atomic E-state index is 12.9. The smallest absolute Gasteiger partial charge is 0.392 e. The zero-order valence-corrected chi connectivity index (χ0v) is 8.28. The van der Waals surface area contributed by atoms with Crippen LogP contribution in [0.25, 0.3) is 0 Å². The second-order valence-corrected chi connectivity index (χ2v) is 3.44. The van der Waals surface area contributed by atoms with Gasteiger partial charge in [-0.3, -0.25) is 0 Å². The van der Waals surface area contributed by atoms with Gasteiger partial charge in [-0.25, -0.2) is 4.39 Å². The van der Waals surface area contributed by atoms with E-state index in [-0.39, 0.29) is 5.56 Å². The average molecular weight is 273 g/mol. The van der Waals surface area contributed by atoms with Gasteiger partial charge in [0.25, 0.3) is 0 Å². The van der Waals surface area contributed by atoms with E-state index in [1.807, 2.05) is 0 Å². The van der Waals surface area contributed by atoms with Crippen molar-refractivity contribution in [3.8, 4) is 0 Å². The number of halogens is 5. The van der Waals surface area contributed by atoms with Crippen molar-refractivity contribution < 1.29 is 22.7 Å². The van der Waals surface area contributed by atoms with E-state index in [1.54, 1.807) is 0 Å². The van der Waals surface area contributed by atoms with Crippen LogP contribution in [0.2, 0.25) is 0 Å². The molecule has 1 nitrogen and oxygen atoms in total. The fourth-order valence-electron chi connectivity index (χ4n) is 0.988. The molecular weight excluding hydrogens is 268 g/mol. The van der Waals surface area contributed by atoms with Crippen molar-refractivity contribution in [2.45, 2.75) is 12.8 Å². The van der Waals surface area contributed by atoms with Crippen LogP contribution in [0, 0.1) is 5.82 Å². The summed E-state index contributed by atoms with van der Waals surface area (Å²) in [6.07, 6.45) is -4.74. The molecule has 0 aromatic heterocycles. The Morgan fingerprint density at radius 1 is 1.29 bits per heavy atom. The molecule has 0 saturated carbocycles. The first kappa shape index (κ1) is 11.5. The first-order chi connectivity index (χ1) is 6.36. The molecule has 6 heteroatoms. The molecule has 0 saturated heterocycles. The lowest BCUT2D eigenvalue weighted by Gasteiger charge is -2.11. The van der Waals surface area contributed by atoms with E-state index in [2.05, 4.69) is 15.9 Å². The molecule has 0 atom stereocenters. The van der Waals surface area contributed by atoms with Crippen molar-refractivity contribution in [2.75, 3.05) is 0 Å². The second-order valence-electron chi connectivity index (χ2n) is 2.59. The summed E-state index contributed by atoms with van der Waals surface area (Å²) >= 11 is 2.60. The van der Waals surface area contributed by atoms with Gasteiger partial charge in [-0.15, -0.1) is 0 Å². The molecule has 14 heavy (non-hydrogen) atoms. The highest BCUT2D eigenvalue weighted by Gasteiger charge is 2.36. The summed E-state index contributed by atoms with van der Waals surface area (Å²) in [6, 6.07) is 1.69. The van der Waals surface area contributed by atoms with Crippen LogP contribution in [-0.2, 0) is 12.8 Å². The molecule has 0 unspecified atom stereocenters. The van der Waals surface area contributed by atoms with Gasteiger partial charge in [0.2, 0.25) is 0 Å². The predicted molar refractivity (Wildman–Crippen MR) is 45.0 cm³/mol. The largest absolute Gasteiger partial charge is 0.420 e. The van der Waals surface area contributed by atoms with Crippen LogP contribution in [0.4, 0.5) is 17.6 Å². The fourth-order valence-corrected chi connectivity index (χ4v) is 1.70. The van der Waals surface area contributed by atoms with Crippen molar-refractivity contribution in [2.24, 2.45) is 0 Å². The van der Waals surface area contributed by atoms with Crippen molar-refractivity contribution >= 4 is 15.9 Å². The summed E-state index contributed by atoms with van der Waals surface area (Å²) in [5.41, 5.74) is -1.27. The van der Waals surface area contributed by atoms with Crippen LogP contribution >= 0.6 is 15.9 Å². The number of aliphatic hydroxyl groups is 1. The van der Waals surface area contributed by atoms with Gasteiger partial charge in [-0.1, -0.05) is 15.9 Å². The maximum Gasteiger partial charge on any atom is 0.420 e. The monoisotopic (exact) mass is 272 g/mol. The molecule has 1 aromatic rings. The van der Waals surface area contributed by atoms with Gasteiger partial charge >= 0.3 is 6.18 Å². The molecule has 0 radical (unpaired) electrons. The minimum absolute atomic E-state index is 0.0855. The molecule has 0 aliphatic carbocycles. The Balaban J connectivity index is 3.33. The minimum atomic E-state index is -4.74. The molecule has 0 heterocycles. The average Bonchev–Trinajstić information content (AvgIpc) is 1.99. The Morgan fingerprint density at radius 2 is 1.86 bits per heavy atom. The van der Waals surface area contributed by atoms with Crippen molar-refractivity contribution in [1.29, 1.82) is 0 Å². The number of rotatable bonds is 1. The first-order valence-corrected chi connectivity index (χ1v) is 4.31. The van der Waals surface area contributed by atoms with Gasteiger partial charge in [-0.05, 0) is 17.7 Å². The van der Waals surface area contributed by atoms with E-state index >= 15 is 0 Å². The van der Waals surface area contributed by atoms with Gasteiger partial charge in [-0.2, -0.15) is 13.2 Å². The Hall–Kier alpha value is -0.620. The lowest BCUT2D eigenvalue weighted by molar-refractivity contribution is -0.140. The van der Waals surface area contributed by atoms with E-state index in [0.29, 0.717) is 6.07 Å². The van der Waals surface area contributed by atoms with Gasteiger partial charge in [0.15, 0.2) is 0 Å². The lowest BCUT2D eigenvalue weighted by atomic mass is 10.1. The maximum absolute atomic E-state index is 12.9. The number of hydrogen-bond donors (Lipinski definition) is 1. The predicted octanol–water partition coefficient (Wildman–Crippen LogP) is 3.10. The standard InChI is InChI=1S/C8H5BrF4O/c9-5-1-4(3-14)2-6(10)7(5)8(11,12)13/h1-2,14H,3H2. The van der Waals surface area contributed by atoms with E-state index in [0.717, 1.165) is 6.07 Å². The molecule has 0 aliphatic heterocycles. The fraction of sp³-hybridized carbons (Fsp3) is 0.250. The summed E-state index contributed by atoms with van der Waals surface area (Å²) in [7, 11) is 0. The van der Waals surface area contributed by atoms with Crippen LogP contribution in [0.3, 0.4) is 0 Å². The molecule has 0 fully saturated rings. The summed E-state index contributed by atoms with van der Waals surface area (Å²) in [5.74, 6) is -1.39. The van der Waals surface area contributed by atoms with Crippen molar-refractivity contribution in [3.05, 3.63) is 33.5 Å².